The van der Waals surface area contributed by atoms with Gasteiger partial charge in [0.25, 0.3) is 0 Å². The summed E-state index contributed by atoms with van der Waals surface area (Å²) in [5, 5.41) is 13.7. The molecule has 0 radical (unpaired) electrons. The standard InChI is InChI=1S/C23H28N2O3/c26-21(17-19-7-3-1-4-8-19)18-24-22(20-9-5-2-6-10-20)11-12-23(27)25-13-15-28-16-14-25/h1-11,21,24,26H,12-18H2/b22-11-. The van der Waals surface area contributed by atoms with Gasteiger partial charge < -0.3 is 20.1 Å². The highest BCUT2D eigenvalue weighted by Crippen LogP contribution is 2.13. The summed E-state index contributed by atoms with van der Waals surface area (Å²) in [4.78, 5) is 14.3. The first-order valence-corrected chi connectivity index (χ1v) is 9.79. The monoisotopic (exact) mass is 380 g/mol. The molecule has 0 aromatic heterocycles. The van der Waals surface area contributed by atoms with Gasteiger partial charge in [0.05, 0.1) is 19.3 Å². The van der Waals surface area contributed by atoms with Crippen molar-refractivity contribution in [1.29, 1.82) is 0 Å². The molecule has 1 saturated heterocycles. The predicted molar refractivity (Wildman–Crippen MR) is 111 cm³/mol. The predicted octanol–water partition coefficient (Wildman–Crippen LogP) is 2.47. The van der Waals surface area contributed by atoms with E-state index < -0.39 is 6.10 Å². The van der Waals surface area contributed by atoms with Crippen molar-refractivity contribution in [2.45, 2.75) is 18.9 Å². The number of rotatable bonds is 8. The van der Waals surface area contributed by atoms with Crippen molar-refractivity contribution in [2.24, 2.45) is 0 Å². The number of nitrogens with one attached hydrogen (secondary N) is 1. The van der Waals surface area contributed by atoms with E-state index in [1.807, 2.05) is 71.6 Å². The Balaban J connectivity index is 1.61. The molecule has 2 N–H and O–H groups in total. The van der Waals surface area contributed by atoms with Crippen LogP contribution in [-0.4, -0.2) is 54.9 Å². The second kappa shape index (κ2) is 10.6. The molecule has 1 atom stereocenters. The Kier molecular flexibility index (Phi) is 7.64. The van der Waals surface area contributed by atoms with Crippen LogP contribution in [0, 0.1) is 0 Å². The number of ether oxygens (including phenoxy) is 1. The number of benzene rings is 2. The first-order chi connectivity index (χ1) is 13.7. The molecule has 5 heteroatoms. The highest BCUT2D eigenvalue weighted by atomic mass is 16.5. The molecule has 148 valence electrons. The van der Waals surface area contributed by atoms with Crippen LogP contribution in [0.25, 0.3) is 5.70 Å². The third-order valence-corrected chi connectivity index (χ3v) is 4.77. The number of nitrogens with zero attached hydrogens (tertiary/aromatic N) is 1. The van der Waals surface area contributed by atoms with Crippen molar-refractivity contribution >= 4 is 11.6 Å². The highest BCUT2D eigenvalue weighted by molar-refractivity contribution is 5.80. The first kappa shape index (κ1) is 20.1. The minimum absolute atomic E-state index is 0.100. The van der Waals surface area contributed by atoms with Gasteiger partial charge in [0.2, 0.25) is 5.91 Å². The van der Waals surface area contributed by atoms with Crippen LogP contribution in [0.15, 0.2) is 66.7 Å². The zero-order valence-electron chi connectivity index (χ0n) is 16.1. The van der Waals surface area contributed by atoms with Gasteiger partial charge in [-0.15, -0.1) is 0 Å². The zero-order valence-corrected chi connectivity index (χ0v) is 16.1. The van der Waals surface area contributed by atoms with Crippen LogP contribution < -0.4 is 5.32 Å². The second-order valence-corrected chi connectivity index (χ2v) is 6.91. The van der Waals surface area contributed by atoms with E-state index >= 15 is 0 Å². The van der Waals surface area contributed by atoms with E-state index in [2.05, 4.69) is 5.32 Å². The van der Waals surface area contributed by atoms with Crippen molar-refractivity contribution in [3.8, 4) is 0 Å². The maximum atomic E-state index is 12.5. The van der Waals surface area contributed by atoms with Crippen LogP contribution in [-0.2, 0) is 16.0 Å². The Morgan fingerprint density at radius 3 is 2.39 bits per heavy atom. The lowest BCUT2D eigenvalue weighted by Crippen LogP contribution is -2.40. The molecule has 1 unspecified atom stereocenters. The summed E-state index contributed by atoms with van der Waals surface area (Å²) in [5.41, 5.74) is 2.98. The van der Waals surface area contributed by atoms with Gasteiger partial charge >= 0.3 is 0 Å². The molecule has 2 aromatic rings. The molecule has 5 nitrogen and oxygen atoms in total. The summed E-state index contributed by atoms with van der Waals surface area (Å²) in [6, 6.07) is 19.8. The number of morpholine rings is 1. The van der Waals surface area contributed by atoms with Crippen LogP contribution in [0.1, 0.15) is 17.5 Å². The maximum absolute atomic E-state index is 12.5. The van der Waals surface area contributed by atoms with Crippen LogP contribution in [0.2, 0.25) is 0 Å². The number of carbonyl (C=O) groups excluding carboxylic acids is 1. The third-order valence-electron chi connectivity index (χ3n) is 4.77. The van der Waals surface area contributed by atoms with Gasteiger partial charge in [-0.05, 0) is 11.1 Å². The average Bonchev–Trinajstić information content (AvgIpc) is 2.75. The van der Waals surface area contributed by atoms with Crippen molar-refractivity contribution in [2.75, 3.05) is 32.8 Å². The Labute approximate surface area is 166 Å². The van der Waals surface area contributed by atoms with E-state index in [4.69, 9.17) is 4.74 Å². The highest BCUT2D eigenvalue weighted by Gasteiger charge is 2.16. The maximum Gasteiger partial charge on any atom is 0.226 e. The van der Waals surface area contributed by atoms with Crippen LogP contribution in [0.4, 0.5) is 0 Å². The van der Waals surface area contributed by atoms with E-state index in [0.717, 1.165) is 16.8 Å². The van der Waals surface area contributed by atoms with Crippen molar-refractivity contribution in [3.63, 3.8) is 0 Å². The fraction of sp³-hybridized carbons (Fsp3) is 0.348. The summed E-state index contributed by atoms with van der Waals surface area (Å²) < 4.78 is 5.31. The summed E-state index contributed by atoms with van der Waals surface area (Å²) in [6.45, 7) is 2.92. The lowest BCUT2D eigenvalue weighted by atomic mass is 10.1. The van der Waals surface area contributed by atoms with Crippen LogP contribution in [0.5, 0.6) is 0 Å². The normalized spacial score (nSPS) is 15.9. The van der Waals surface area contributed by atoms with E-state index in [1.54, 1.807) is 0 Å². The summed E-state index contributed by atoms with van der Waals surface area (Å²) in [7, 11) is 0. The minimum atomic E-state index is -0.510. The Hall–Kier alpha value is -2.63. The van der Waals surface area contributed by atoms with E-state index in [0.29, 0.717) is 45.7 Å². The van der Waals surface area contributed by atoms with Gasteiger partial charge in [0.15, 0.2) is 0 Å². The van der Waals surface area contributed by atoms with E-state index in [-0.39, 0.29) is 5.91 Å². The SMILES string of the molecule is O=C(C/C=C(\NCC(O)Cc1ccccc1)c1ccccc1)N1CCOCC1. The molecule has 1 amide bonds. The van der Waals surface area contributed by atoms with E-state index in [1.165, 1.54) is 0 Å². The molecule has 0 aliphatic carbocycles. The third kappa shape index (κ3) is 6.22. The largest absolute Gasteiger partial charge is 0.391 e. The fourth-order valence-corrected chi connectivity index (χ4v) is 3.23. The first-order valence-electron chi connectivity index (χ1n) is 9.79. The van der Waals surface area contributed by atoms with Crippen LogP contribution in [0.3, 0.4) is 0 Å². The topological polar surface area (TPSA) is 61.8 Å². The number of aliphatic hydroxyl groups is 1. The van der Waals surface area contributed by atoms with Crippen molar-refractivity contribution in [3.05, 3.63) is 77.9 Å². The molecule has 0 bridgehead atoms. The van der Waals surface area contributed by atoms with Crippen LogP contribution >= 0.6 is 0 Å². The fourth-order valence-electron chi connectivity index (χ4n) is 3.23. The van der Waals surface area contributed by atoms with Gasteiger partial charge in [-0.3, -0.25) is 4.79 Å². The molecular formula is C23H28N2O3. The molecule has 2 aromatic carbocycles. The zero-order chi connectivity index (χ0) is 19.6. The average molecular weight is 380 g/mol. The molecule has 3 rings (SSSR count). The Morgan fingerprint density at radius 1 is 1.07 bits per heavy atom. The van der Waals surface area contributed by atoms with Gasteiger partial charge in [-0.2, -0.15) is 0 Å². The number of carbonyl (C=O) groups is 1. The molecule has 1 heterocycles. The van der Waals surface area contributed by atoms with Crippen molar-refractivity contribution in [1.82, 2.24) is 10.2 Å². The summed E-state index contributed by atoms with van der Waals surface area (Å²) in [6.07, 6.45) is 2.32. The molecule has 1 fully saturated rings. The summed E-state index contributed by atoms with van der Waals surface area (Å²) in [5.74, 6) is 0.100. The second-order valence-electron chi connectivity index (χ2n) is 6.91. The van der Waals surface area contributed by atoms with E-state index in [9.17, 15) is 9.90 Å². The molecule has 0 saturated carbocycles. The lowest BCUT2D eigenvalue weighted by Gasteiger charge is -2.26. The van der Waals surface area contributed by atoms with Gasteiger partial charge in [0, 0.05) is 38.2 Å². The smallest absolute Gasteiger partial charge is 0.226 e. The number of hydrogen-bond acceptors (Lipinski definition) is 4. The molecule has 0 spiro atoms. The minimum Gasteiger partial charge on any atom is -0.391 e. The van der Waals surface area contributed by atoms with Gasteiger partial charge in [-0.1, -0.05) is 66.7 Å². The molecule has 1 aliphatic heterocycles. The number of amides is 1. The molecule has 1 aliphatic rings. The summed E-state index contributed by atoms with van der Waals surface area (Å²) >= 11 is 0. The Bertz CT molecular complexity index is 756. The number of aliphatic hydroxyl groups excluding tert-OH is 1. The quantitative estimate of drug-likeness (QED) is 0.739. The number of hydrogen-bond donors (Lipinski definition) is 2. The van der Waals surface area contributed by atoms with Gasteiger partial charge in [-0.25, -0.2) is 0 Å². The van der Waals surface area contributed by atoms with Gasteiger partial charge in [0.1, 0.15) is 0 Å². The Morgan fingerprint density at radius 2 is 1.71 bits per heavy atom. The lowest BCUT2D eigenvalue weighted by molar-refractivity contribution is -0.134. The van der Waals surface area contributed by atoms with Crippen molar-refractivity contribution < 1.29 is 14.6 Å². The molecule has 28 heavy (non-hydrogen) atoms. The molecular weight excluding hydrogens is 352 g/mol.